The molecule has 0 aliphatic heterocycles. The Hall–Kier alpha value is -1.26. The van der Waals surface area contributed by atoms with Gasteiger partial charge in [0.2, 0.25) is 0 Å². The molecule has 1 saturated carbocycles. The van der Waals surface area contributed by atoms with Crippen molar-refractivity contribution in [3.8, 4) is 0 Å². The van der Waals surface area contributed by atoms with E-state index in [2.05, 4.69) is 3.63 Å². The molecule has 0 saturated heterocycles. The highest BCUT2D eigenvalue weighted by atomic mass is 32.3. The van der Waals surface area contributed by atoms with Crippen molar-refractivity contribution in [2.24, 2.45) is 0 Å². The number of Topliss-reactive ketones (excluding diaryl/α,β-unsaturated/α-hetero) is 1. The number of rotatable bonds is 10. The third kappa shape index (κ3) is 5.05. The summed E-state index contributed by atoms with van der Waals surface area (Å²) in [7, 11) is -11.6. The van der Waals surface area contributed by atoms with Crippen LogP contribution in [0.25, 0.3) is 0 Å². The van der Waals surface area contributed by atoms with Crippen LogP contribution < -0.4 is 0 Å². The highest BCUT2D eigenvalue weighted by Crippen LogP contribution is 2.65. The molecular weight excluding hydrogens is 643 g/mol. The molecule has 0 aromatic heterocycles. The van der Waals surface area contributed by atoms with Crippen LogP contribution >= 0.6 is 10.3 Å². The minimum absolute atomic E-state index is 0.0962. The number of alkyl halides is 17. The van der Waals surface area contributed by atoms with Crippen molar-refractivity contribution in [1.29, 1.82) is 0 Å². The van der Waals surface area contributed by atoms with Gasteiger partial charge in [-0.3, -0.25) is 4.79 Å². The minimum atomic E-state index is -8.91. The van der Waals surface area contributed by atoms with Crippen molar-refractivity contribution < 1.29 is 91.5 Å². The molecule has 0 bridgehead atoms. The Morgan fingerprint density at radius 3 is 1.33 bits per heavy atom. The Bertz CT molecular complexity index is 1050. The predicted molar refractivity (Wildman–Crippen MR) is 97.4 cm³/mol. The van der Waals surface area contributed by atoms with E-state index in [4.69, 9.17) is 0 Å². The van der Waals surface area contributed by atoms with E-state index in [9.17, 15) is 87.8 Å². The van der Waals surface area contributed by atoms with Crippen LogP contribution in [0.1, 0.15) is 25.7 Å². The van der Waals surface area contributed by atoms with Gasteiger partial charge in [0.15, 0.2) is 0 Å². The summed E-state index contributed by atoms with van der Waals surface area (Å²) in [4.78, 5) is 11.9. The Labute approximate surface area is 208 Å². The zero-order valence-corrected chi connectivity index (χ0v) is 20.4. The van der Waals surface area contributed by atoms with Gasteiger partial charge in [0.25, 0.3) is 0 Å². The summed E-state index contributed by atoms with van der Waals surface area (Å²) >= 11 is 0. The second-order valence-electron chi connectivity index (χ2n) is 8.49. The molecule has 0 radical (unpaired) electrons. The van der Waals surface area contributed by atoms with E-state index < -0.39 is 78.4 Å². The third-order valence-electron chi connectivity index (χ3n) is 5.46. The Morgan fingerprint density at radius 1 is 0.615 bits per heavy atom. The topological polar surface area (TPSA) is 60.4 Å². The van der Waals surface area contributed by atoms with Crippen molar-refractivity contribution in [3.63, 3.8) is 0 Å². The molecule has 1 fully saturated rings. The third-order valence-corrected chi connectivity index (χ3v) is 10.3. The Balaban J connectivity index is 3.65. The van der Waals surface area contributed by atoms with E-state index in [1.54, 1.807) is 0 Å². The average molecular weight is 658 g/mol. The number of hydrogen-bond acceptors (Lipinski definition) is 4. The van der Waals surface area contributed by atoms with Crippen molar-refractivity contribution in [3.05, 3.63) is 0 Å². The standard InChI is InChI=1S/C16H15F17O4S2/c1-38(2,8-6-4-3-5-7(8)34)37-39(35,36)16(32,33)14(27,28)12(23,24)10(19,20)9(17,18)11(21,22)13(25,26)15(29,30)31/h8H,3-6H2,1-2H3. The first-order valence-corrected chi connectivity index (χ1v) is 13.5. The van der Waals surface area contributed by atoms with E-state index in [0.29, 0.717) is 12.5 Å². The molecule has 1 rings (SSSR count). The van der Waals surface area contributed by atoms with E-state index in [1.807, 2.05) is 0 Å². The maximum atomic E-state index is 14.2. The molecule has 0 spiro atoms. The van der Waals surface area contributed by atoms with Gasteiger partial charge in [-0.15, -0.1) is 10.3 Å². The molecule has 4 nitrogen and oxygen atoms in total. The van der Waals surface area contributed by atoms with Crippen LogP contribution in [0.2, 0.25) is 0 Å². The van der Waals surface area contributed by atoms with E-state index in [0.717, 1.165) is 0 Å². The van der Waals surface area contributed by atoms with Crippen LogP contribution in [0.4, 0.5) is 74.6 Å². The molecule has 1 unspecified atom stereocenters. The van der Waals surface area contributed by atoms with Crippen LogP contribution in [0, 0.1) is 0 Å². The van der Waals surface area contributed by atoms with Crippen LogP contribution in [0.5, 0.6) is 0 Å². The summed E-state index contributed by atoms with van der Waals surface area (Å²) in [5.41, 5.74) is 0. The molecule has 0 aromatic rings. The molecule has 0 N–H and O–H groups in total. The highest BCUT2D eigenvalue weighted by molar-refractivity contribution is 8.33. The number of halogens is 17. The lowest BCUT2D eigenvalue weighted by Gasteiger charge is -2.43. The second-order valence-corrected chi connectivity index (χ2v) is 13.6. The number of hydrogen-bond donors (Lipinski definition) is 0. The van der Waals surface area contributed by atoms with Crippen LogP contribution in [-0.2, 0) is 18.5 Å². The summed E-state index contributed by atoms with van der Waals surface area (Å²) in [6.07, 6.45) is -7.21. The molecule has 1 aliphatic carbocycles. The summed E-state index contributed by atoms with van der Waals surface area (Å²) in [5, 5.41) is -9.40. The van der Waals surface area contributed by atoms with Crippen molar-refractivity contribution in [2.45, 2.75) is 77.9 Å². The fourth-order valence-corrected chi connectivity index (χ4v) is 7.67. The zero-order chi connectivity index (χ0) is 31.7. The number of carbonyl (C=O) groups excluding carboxylic acids is 1. The van der Waals surface area contributed by atoms with Gasteiger partial charge in [0, 0.05) is 6.42 Å². The van der Waals surface area contributed by atoms with Gasteiger partial charge in [-0.05, 0) is 25.4 Å². The quantitative estimate of drug-likeness (QED) is 0.243. The maximum Gasteiger partial charge on any atom is 0.460 e. The first-order chi connectivity index (χ1) is 16.7. The smallest absolute Gasteiger partial charge is 0.298 e. The van der Waals surface area contributed by atoms with Crippen LogP contribution in [0.15, 0.2) is 0 Å². The van der Waals surface area contributed by atoms with E-state index in [1.165, 1.54) is 0 Å². The summed E-state index contributed by atoms with van der Waals surface area (Å²) in [6, 6.07) is 0. The van der Waals surface area contributed by atoms with Crippen LogP contribution in [0.3, 0.4) is 0 Å². The molecule has 1 atom stereocenters. The summed E-state index contributed by atoms with van der Waals surface area (Å²) in [6.45, 7) is 0. The van der Waals surface area contributed by atoms with Gasteiger partial charge >= 0.3 is 57.1 Å². The Morgan fingerprint density at radius 2 is 0.974 bits per heavy atom. The largest absolute Gasteiger partial charge is 0.460 e. The van der Waals surface area contributed by atoms with Gasteiger partial charge in [0.1, 0.15) is 5.78 Å². The molecule has 234 valence electrons. The molecular formula is C16H15F17O4S2. The highest BCUT2D eigenvalue weighted by Gasteiger charge is 2.96. The molecule has 23 heteroatoms. The molecule has 0 amide bonds. The van der Waals surface area contributed by atoms with Crippen molar-refractivity contribution in [1.82, 2.24) is 0 Å². The predicted octanol–water partition coefficient (Wildman–Crippen LogP) is 6.79. The fourth-order valence-electron chi connectivity index (χ4n) is 3.18. The molecule has 0 aromatic carbocycles. The van der Waals surface area contributed by atoms with Gasteiger partial charge in [0.05, 0.1) is 5.25 Å². The van der Waals surface area contributed by atoms with Crippen molar-refractivity contribution in [2.75, 3.05) is 12.5 Å². The maximum absolute atomic E-state index is 14.2. The molecule has 0 heterocycles. The first-order valence-electron chi connectivity index (χ1n) is 9.64. The number of carbonyl (C=O) groups is 1. The zero-order valence-electron chi connectivity index (χ0n) is 18.8. The van der Waals surface area contributed by atoms with Gasteiger partial charge in [-0.25, -0.2) is 3.63 Å². The van der Waals surface area contributed by atoms with Gasteiger partial charge < -0.3 is 0 Å². The molecule has 39 heavy (non-hydrogen) atoms. The minimum Gasteiger partial charge on any atom is -0.298 e. The lowest BCUT2D eigenvalue weighted by molar-refractivity contribution is -0.458. The normalized spacial score (nSPS) is 20.8. The second kappa shape index (κ2) is 9.65. The van der Waals surface area contributed by atoms with Gasteiger partial charge in [-0.2, -0.15) is 83.1 Å². The fraction of sp³-hybridized carbons (Fsp3) is 0.938. The van der Waals surface area contributed by atoms with E-state index in [-0.39, 0.29) is 25.7 Å². The first kappa shape index (κ1) is 35.8. The summed E-state index contributed by atoms with van der Waals surface area (Å²) < 4.78 is 255. The monoisotopic (exact) mass is 658 g/mol. The van der Waals surface area contributed by atoms with Crippen LogP contribution in [-0.4, -0.2) is 78.9 Å². The lowest BCUT2D eigenvalue weighted by Crippen LogP contribution is -2.75. The van der Waals surface area contributed by atoms with Gasteiger partial charge in [-0.1, -0.05) is 6.42 Å². The Kier molecular flexibility index (Phi) is 8.85. The summed E-state index contributed by atoms with van der Waals surface area (Å²) in [5.74, 6) is -52.9. The number of ketones is 1. The lowest BCUT2D eigenvalue weighted by atomic mass is 9.91. The molecule has 1 aliphatic rings. The average Bonchev–Trinajstić information content (AvgIpc) is 2.71. The SMILES string of the molecule is CS(C)(OS(=O)(=O)C(F)(F)C(F)(F)C(F)(F)C(F)(F)C(F)(F)C(F)(F)C(F)(F)C(F)(F)F)C1CCCCC1=O. The van der Waals surface area contributed by atoms with Crippen molar-refractivity contribution >= 4 is 26.2 Å². The van der Waals surface area contributed by atoms with E-state index >= 15 is 0 Å².